The first-order valence-electron chi connectivity index (χ1n) is 46.6. The molecule has 0 saturated carbocycles. The van der Waals surface area contributed by atoms with E-state index in [1.54, 1.807) is 12.1 Å². The number of para-hydroxylation sites is 6. The Hall–Kier alpha value is -16.9. The van der Waals surface area contributed by atoms with Crippen molar-refractivity contribution in [3.8, 4) is 147 Å². The maximum absolute atomic E-state index is 12.7. The average Bonchev–Trinajstić information content (AvgIpc) is 1.51. The van der Waals surface area contributed by atoms with Crippen LogP contribution >= 0.6 is 0 Å². The number of halogens is 1. The standard InChI is InChI=1S/C26H18.C19H16.C17H12O.C17H14.C13H11F.2C13H10O2.C13H12/c1-17-14-15-21-20-10-4-7-13-24(20)26(25(21)16-17)22-11-5-2-8-18(22)19-9-3-6-12-23(19)26;1-15-7-9-17(10-8-15)19-13-11-18(12-14-19)16-5-3-2-4-6-16;1-11-9-10-14-13-5-2-3-7-15(13)18-16-8-4-6-12(11)17(14)16;1-13-11-12-16(14-7-3-2-4-8-14)17-10-6-5-9-15(13)17;1-10-2-4-11(5-3-10)12-6-8-13(14)9-7-12;1-9-5-4-8-12-13(9)15-11-7-3-2-6-10(11)14-12;1-9-6-7-12-13(8-9)15-11-5-3-2-4-10(11)14-12;1-11-6-5-9-13(10-11)12-7-3-2-4-8-12/h2-16H,1H3;2-14H,1H3;2-10H,1H3;2-12H,1H3;2-9H,1H3;2*2-8H,1H3;2-10H,1H3. The fourth-order valence-electron chi connectivity index (χ4n) is 18.6. The number of hydrogen-bond acceptors (Lipinski definition) is 5. The van der Waals surface area contributed by atoms with Crippen molar-refractivity contribution >= 4 is 21.5 Å². The molecule has 0 unspecified atom stereocenters. The van der Waals surface area contributed by atoms with Gasteiger partial charge in [0.2, 0.25) is 0 Å². The van der Waals surface area contributed by atoms with Crippen molar-refractivity contribution in [2.75, 3.05) is 0 Å². The van der Waals surface area contributed by atoms with E-state index in [1.165, 1.54) is 167 Å². The van der Waals surface area contributed by atoms with E-state index in [-0.39, 0.29) is 11.2 Å². The van der Waals surface area contributed by atoms with E-state index in [2.05, 4.69) is 369 Å². The van der Waals surface area contributed by atoms with Crippen molar-refractivity contribution in [1.82, 2.24) is 0 Å². The first-order valence-corrected chi connectivity index (χ1v) is 46.6. The summed E-state index contributed by atoms with van der Waals surface area (Å²) in [6, 6.07) is 165. The van der Waals surface area contributed by atoms with Gasteiger partial charge in [-0.05, 0) is 266 Å². The third-order valence-corrected chi connectivity index (χ3v) is 25.6. The van der Waals surface area contributed by atoms with Crippen LogP contribution in [0.5, 0.6) is 57.5 Å². The quantitative estimate of drug-likeness (QED) is 0.172. The van der Waals surface area contributed by atoms with Crippen LogP contribution in [0, 0.1) is 61.2 Å². The number of ether oxygens (including phenoxy) is 5. The molecule has 0 N–H and O–H groups in total. The zero-order valence-electron chi connectivity index (χ0n) is 78.0. The van der Waals surface area contributed by atoms with E-state index in [9.17, 15) is 4.39 Å². The first kappa shape index (κ1) is 89.3. The molecule has 0 saturated heterocycles. The van der Waals surface area contributed by atoms with Crippen molar-refractivity contribution in [3.63, 3.8) is 0 Å². The molecular weight excluding hydrogens is 1670 g/mol. The van der Waals surface area contributed by atoms with E-state index in [0.717, 1.165) is 79.7 Å². The van der Waals surface area contributed by atoms with Crippen LogP contribution in [0.1, 0.15) is 66.8 Å². The number of hydrogen-bond donors (Lipinski definition) is 0. The van der Waals surface area contributed by atoms with Crippen molar-refractivity contribution < 1.29 is 28.1 Å². The van der Waals surface area contributed by atoms with Crippen LogP contribution in [0.25, 0.3) is 111 Å². The van der Waals surface area contributed by atoms with E-state index < -0.39 is 0 Å². The molecule has 0 aromatic heterocycles. The summed E-state index contributed by atoms with van der Waals surface area (Å²) < 4.78 is 41.6. The van der Waals surface area contributed by atoms with Gasteiger partial charge in [-0.15, -0.1) is 0 Å². The molecule has 26 rings (SSSR count). The van der Waals surface area contributed by atoms with E-state index in [4.69, 9.17) is 23.7 Å². The minimum absolute atomic E-state index is 0.189. The lowest BCUT2D eigenvalue weighted by molar-refractivity contribution is 0.357. The maximum Gasteiger partial charge on any atom is 0.173 e. The van der Waals surface area contributed by atoms with Gasteiger partial charge in [0.1, 0.15) is 17.3 Å². The Bertz CT molecular complexity index is 7740. The zero-order valence-corrected chi connectivity index (χ0v) is 78.0. The molecule has 664 valence electrons. The average molecular weight is 1780 g/mol. The predicted molar refractivity (Wildman–Crippen MR) is 567 cm³/mol. The van der Waals surface area contributed by atoms with E-state index in [1.807, 2.05) is 141 Å². The minimum Gasteiger partial charge on any atom is -0.456 e. The summed E-state index contributed by atoms with van der Waals surface area (Å²) in [6.07, 6.45) is 0. The van der Waals surface area contributed by atoms with Gasteiger partial charge in [0.25, 0.3) is 0 Å². The van der Waals surface area contributed by atoms with Crippen molar-refractivity contribution in [1.29, 1.82) is 0 Å². The fourth-order valence-corrected chi connectivity index (χ4v) is 18.6. The molecule has 1 spiro atoms. The van der Waals surface area contributed by atoms with Gasteiger partial charge in [-0.25, -0.2) is 4.39 Å². The van der Waals surface area contributed by atoms with Crippen molar-refractivity contribution in [3.05, 3.63) is 552 Å². The molecule has 3 aliphatic heterocycles. The second-order valence-corrected chi connectivity index (χ2v) is 35.1. The highest BCUT2D eigenvalue weighted by molar-refractivity contribution is 6.06. The summed E-state index contributed by atoms with van der Waals surface area (Å²) >= 11 is 0. The molecule has 0 fully saturated rings. The van der Waals surface area contributed by atoms with Crippen LogP contribution in [0.3, 0.4) is 0 Å². The molecule has 0 radical (unpaired) electrons. The number of rotatable bonds is 5. The summed E-state index contributed by atoms with van der Waals surface area (Å²) in [4.78, 5) is 0. The summed E-state index contributed by atoms with van der Waals surface area (Å²) in [5.41, 5.74) is 35.8. The summed E-state index contributed by atoms with van der Waals surface area (Å²) in [6.45, 7) is 16.8. The second kappa shape index (κ2) is 40.7. The fraction of sp³-hybridized carbons (Fsp3) is 0.0687. The first-order chi connectivity index (χ1) is 67.1. The molecule has 6 heteroatoms. The molecule has 0 amide bonds. The molecular formula is C131H103FO5. The Labute approximate surface area is 803 Å². The van der Waals surface area contributed by atoms with Crippen LogP contribution in [0.2, 0.25) is 0 Å². The molecule has 2 aliphatic carbocycles. The largest absolute Gasteiger partial charge is 0.456 e. The SMILES string of the molecule is Cc1ccc(-c2ccc(-c3ccccc3)cc2)cc1.Cc1ccc(-c2ccc(F)cc2)cc1.Cc1ccc(-c2ccccc2)c2ccccc12.Cc1ccc2c(c1)C1(c3ccccc3-c3ccccc31)c1ccccc1-2.Cc1ccc2c(c1)Oc1ccccc1O2.Cc1ccc2c3c(cccc13)Oc1ccccc1-2.Cc1cccc(-c2ccccc2)c1.Cc1cccc2c1Oc1ccccc1O2. The number of aryl methyl sites for hydroxylation is 8. The molecule has 21 aromatic carbocycles. The summed E-state index contributed by atoms with van der Waals surface area (Å²) in [5.74, 6) is 7.98. The highest BCUT2D eigenvalue weighted by Gasteiger charge is 2.51. The van der Waals surface area contributed by atoms with Crippen LogP contribution in [-0.4, -0.2) is 0 Å². The maximum atomic E-state index is 12.7. The summed E-state index contributed by atoms with van der Waals surface area (Å²) in [5, 5.41) is 5.18. The Morgan fingerprint density at radius 3 is 1.06 bits per heavy atom. The third kappa shape index (κ3) is 19.4. The van der Waals surface area contributed by atoms with Crippen molar-refractivity contribution in [2.45, 2.75) is 60.8 Å². The van der Waals surface area contributed by atoms with Gasteiger partial charge in [-0.1, -0.05) is 435 Å². The Morgan fingerprint density at radius 2 is 0.504 bits per heavy atom. The van der Waals surface area contributed by atoms with Crippen LogP contribution in [0.15, 0.2) is 479 Å². The van der Waals surface area contributed by atoms with Gasteiger partial charge < -0.3 is 23.7 Å². The molecule has 5 nitrogen and oxygen atoms in total. The molecule has 5 aliphatic rings. The second-order valence-electron chi connectivity index (χ2n) is 35.1. The van der Waals surface area contributed by atoms with Gasteiger partial charge in [-0.3, -0.25) is 0 Å². The van der Waals surface area contributed by atoms with Gasteiger partial charge in [0.15, 0.2) is 46.0 Å². The van der Waals surface area contributed by atoms with Gasteiger partial charge >= 0.3 is 0 Å². The Kier molecular flexibility index (Phi) is 26.5. The monoisotopic (exact) mass is 1770 g/mol. The predicted octanol–water partition coefficient (Wildman–Crippen LogP) is 36.7. The van der Waals surface area contributed by atoms with Gasteiger partial charge in [-0.2, -0.15) is 0 Å². The van der Waals surface area contributed by atoms with Gasteiger partial charge in [0, 0.05) is 10.9 Å². The molecule has 0 atom stereocenters. The van der Waals surface area contributed by atoms with Crippen LogP contribution in [-0.2, 0) is 5.41 Å². The van der Waals surface area contributed by atoms with Gasteiger partial charge in [0.05, 0.1) is 5.41 Å². The lowest BCUT2D eigenvalue weighted by Gasteiger charge is -2.30. The molecule has 0 bridgehead atoms. The van der Waals surface area contributed by atoms with E-state index >= 15 is 0 Å². The smallest absolute Gasteiger partial charge is 0.173 e. The lowest BCUT2D eigenvalue weighted by atomic mass is 9.70. The topological polar surface area (TPSA) is 46.2 Å². The minimum atomic E-state index is -0.194. The van der Waals surface area contributed by atoms with E-state index in [0.29, 0.717) is 0 Å². The lowest BCUT2D eigenvalue weighted by Crippen LogP contribution is -2.25. The number of fused-ring (bicyclic) bond motifs is 17. The third-order valence-electron chi connectivity index (χ3n) is 25.6. The van der Waals surface area contributed by atoms with Crippen LogP contribution in [0.4, 0.5) is 4.39 Å². The molecule has 21 aromatic rings. The summed E-state index contributed by atoms with van der Waals surface area (Å²) in [7, 11) is 0. The Balaban J connectivity index is 0.000000101. The highest BCUT2D eigenvalue weighted by atomic mass is 19.1. The molecule has 137 heavy (non-hydrogen) atoms. The highest BCUT2D eigenvalue weighted by Crippen LogP contribution is 2.63. The number of benzene rings is 21. The van der Waals surface area contributed by atoms with Crippen molar-refractivity contribution in [2.24, 2.45) is 0 Å². The zero-order chi connectivity index (χ0) is 93.7. The Morgan fingerprint density at radius 1 is 0.168 bits per heavy atom. The normalized spacial score (nSPS) is 11.7. The van der Waals surface area contributed by atoms with Crippen LogP contribution < -0.4 is 23.7 Å². The molecule has 3 heterocycles.